The largest absolute Gasteiger partial charge is 0.542 e. The Morgan fingerprint density at radius 3 is 1.49 bits per heavy atom. The first kappa shape index (κ1) is 36.4. The van der Waals surface area contributed by atoms with Gasteiger partial charge in [0, 0.05) is 90.7 Å². The molecular formula is C22H39N3O8V2-2. The van der Waals surface area contributed by atoms with Crippen LogP contribution in [0.2, 0.25) is 0 Å². The maximum atomic E-state index is 12.0. The molecule has 0 fully saturated rings. The summed E-state index contributed by atoms with van der Waals surface area (Å²) in [4.78, 5) is 45.9. The zero-order chi connectivity index (χ0) is 25.1. The van der Waals surface area contributed by atoms with Crippen molar-refractivity contribution in [2.75, 3.05) is 85.6 Å². The van der Waals surface area contributed by atoms with Gasteiger partial charge in [-0.3, -0.25) is 22.2 Å². The third-order valence-electron chi connectivity index (χ3n) is 4.20. The van der Waals surface area contributed by atoms with E-state index in [1.807, 2.05) is 4.90 Å². The number of ether oxygens (including phenoxy) is 4. The second-order valence-electron chi connectivity index (χ2n) is 6.78. The minimum atomic E-state index is -0.119. The van der Waals surface area contributed by atoms with Crippen LogP contribution in [0.25, 0.3) is 0 Å². The second-order valence-corrected chi connectivity index (χ2v) is 6.78. The first-order valence-electron chi connectivity index (χ1n) is 11.9. The molecular weight excluding hydrogens is 536 g/mol. The summed E-state index contributed by atoms with van der Waals surface area (Å²) in [5.41, 5.74) is 0. The van der Waals surface area contributed by atoms with E-state index in [1.54, 1.807) is 12.6 Å². The number of amides is 2. The van der Waals surface area contributed by atoms with Crippen LogP contribution in [0.15, 0.2) is 0 Å². The predicted molar refractivity (Wildman–Crippen MR) is 121 cm³/mol. The van der Waals surface area contributed by atoms with Gasteiger partial charge in [0.2, 0.25) is 11.8 Å². The molecule has 0 unspecified atom stereocenters. The Morgan fingerprint density at radius 1 is 0.714 bits per heavy atom. The Morgan fingerprint density at radius 2 is 1.11 bits per heavy atom. The van der Waals surface area contributed by atoms with Gasteiger partial charge >= 0.3 is 0 Å². The molecule has 0 heterocycles. The summed E-state index contributed by atoms with van der Waals surface area (Å²) in [6.45, 7) is 5.28. The molecule has 35 heavy (non-hydrogen) atoms. The number of nitrogens with zero attached hydrogens (tertiary/aromatic N) is 1. The minimum absolute atomic E-state index is 0. The van der Waals surface area contributed by atoms with Crippen molar-refractivity contribution in [2.45, 2.75) is 32.6 Å². The fourth-order valence-corrected chi connectivity index (χ4v) is 2.43. The van der Waals surface area contributed by atoms with Crippen LogP contribution in [0.1, 0.15) is 34.0 Å². The summed E-state index contributed by atoms with van der Waals surface area (Å²) < 4.78 is 28.3. The monoisotopic (exact) mass is 577 g/mol. The van der Waals surface area contributed by atoms with E-state index in [0.29, 0.717) is 85.6 Å². The van der Waals surface area contributed by atoms with Crippen molar-refractivity contribution in [3.05, 3.63) is 0 Å². The van der Waals surface area contributed by atoms with Gasteiger partial charge in [0.25, 0.3) is 0 Å². The smallest absolute Gasteiger partial charge is 0.221 e. The molecule has 11 nitrogen and oxygen atoms in total. The second kappa shape index (κ2) is 31.3. The van der Waals surface area contributed by atoms with E-state index < -0.39 is 0 Å². The van der Waals surface area contributed by atoms with E-state index >= 15 is 0 Å². The Hall–Kier alpha value is -0.751. The van der Waals surface area contributed by atoms with Crippen molar-refractivity contribution in [3.63, 3.8) is 0 Å². The molecule has 0 aromatic carbocycles. The predicted octanol–water partition coefficient (Wildman–Crippen LogP) is -0.618. The van der Waals surface area contributed by atoms with Crippen molar-refractivity contribution >= 4 is 24.4 Å². The normalized spacial score (nSPS) is 10.6. The van der Waals surface area contributed by atoms with E-state index in [2.05, 4.69) is 10.6 Å². The van der Waals surface area contributed by atoms with Crippen LogP contribution in [0.3, 0.4) is 0 Å². The van der Waals surface area contributed by atoms with Gasteiger partial charge in [0.15, 0.2) is 0 Å². The number of nitrogens with one attached hydrogen (secondary N) is 2. The fourth-order valence-electron chi connectivity index (χ4n) is 2.43. The maximum absolute atomic E-state index is 12.0. The zero-order valence-electron chi connectivity index (χ0n) is 21.3. The summed E-state index contributed by atoms with van der Waals surface area (Å²) in [6, 6.07) is 0. The summed E-state index contributed by atoms with van der Waals surface area (Å²) in [5.74, 6) is -0.238. The number of hydrogen-bond donors (Lipinski definition) is 2. The van der Waals surface area contributed by atoms with Gasteiger partial charge in [-0.2, -0.15) is 0 Å². The van der Waals surface area contributed by atoms with Crippen molar-refractivity contribution < 1.29 is 76.6 Å². The molecule has 13 heteroatoms. The maximum Gasteiger partial charge on any atom is 0.221 e. The summed E-state index contributed by atoms with van der Waals surface area (Å²) >= 11 is 0. The SMILES string of the molecule is [3H]CCN(CCC(=O)NCCOCCOCC[C-]=O)CCC(=O)NCCOCCOCC[C-]=O.[V].[V]. The molecule has 0 aliphatic carbocycles. The average molecular weight is 577 g/mol. The number of carbonyl (C=O) groups excluding carboxylic acids is 4. The molecule has 0 saturated heterocycles. The van der Waals surface area contributed by atoms with E-state index in [9.17, 15) is 19.2 Å². The van der Waals surface area contributed by atoms with Gasteiger partial charge < -0.3 is 44.1 Å². The minimum Gasteiger partial charge on any atom is -0.542 e. The van der Waals surface area contributed by atoms with E-state index in [0.717, 1.165) is 0 Å². The molecule has 0 bridgehead atoms. The van der Waals surface area contributed by atoms with Crippen molar-refractivity contribution in [1.29, 1.82) is 0 Å². The first-order chi connectivity index (χ1) is 16.6. The Balaban J connectivity index is -0.00000544. The molecule has 2 N–H and O–H groups in total. The molecule has 0 rings (SSSR count). The third-order valence-corrected chi connectivity index (χ3v) is 4.20. The molecule has 0 saturated carbocycles. The summed E-state index contributed by atoms with van der Waals surface area (Å²) in [6.07, 6.45) is 4.51. The summed E-state index contributed by atoms with van der Waals surface area (Å²) in [7, 11) is 0. The Bertz CT molecular complexity index is 498. The van der Waals surface area contributed by atoms with Gasteiger partial charge in [-0.15, -0.1) is 12.8 Å². The molecule has 0 atom stereocenters. The molecule has 0 spiro atoms. The van der Waals surface area contributed by atoms with Crippen LogP contribution in [0.4, 0.5) is 0 Å². The van der Waals surface area contributed by atoms with E-state index in [-0.39, 0.29) is 81.5 Å². The quantitative estimate of drug-likeness (QED) is 0.108. The van der Waals surface area contributed by atoms with Crippen LogP contribution in [-0.2, 0) is 75.2 Å². The van der Waals surface area contributed by atoms with Gasteiger partial charge in [-0.05, 0) is 6.54 Å². The van der Waals surface area contributed by atoms with Crippen molar-refractivity contribution in [3.8, 4) is 0 Å². The van der Waals surface area contributed by atoms with Crippen molar-refractivity contribution in [2.24, 2.45) is 0 Å². The Kier molecular flexibility index (Phi) is 32.5. The van der Waals surface area contributed by atoms with E-state index in [1.165, 1.54) is 0 Å². The molecule has 0 aromatic rings. The molecule has 2 amide bonds. The van der Waals surface area contributed by atoms with Gasteiger partial charge in [0.05, 0.1) is 39.6 Å². The summed E-state index contributed by atoms with van der Waals surface area (Å²) in [5, 5.41) is 5.53. The zero-order valence-corrected chi connectivity index (χ0v) is 23.1. The first-order valence-corrected chi connectivity index (χ1v) is 11.2. The third kappa shape index (κ3) is 29.4. The van der Waals surface area contributed by atoms with Gasteiger partial charge in [-0.25, -0.2) is 0 Å². The molecule has 202 valence electrons. The van der Waals surface area contributed by atoms with Gasteiger partial charge in [0.1, 0.15) is 0 Å². The number of hydrogen-bond acceptors (Lipinski definition) is 9. The van der Waals surface area contributed by atoms with Crippen LogP contribution >= 0.6 is 0 Å². The van der Waals surface area contributed by atoms with E-state index in [4.69, 9.17) is 20.3 Å². The average Bonchev–Trinajstić information content (AvgIpc) is 2.83. The Labute approximate surface area is 234 Å². The molecule has 2 radical (unpaired) electrons. The number of carbonyl (C=O) groups is 2. The fraction of sp³-hybridized carbons (Fsp3) is 0.818. The van der Waals surface area contributed by atoms with Gasteiger partial charge in [-0.1, -0.05) is 6.90 Å². The molecule has 0 aliphatic heterocycles. The topological polar surface area (TPSA) is 132 Å². The number of rotatable bonds is 25. The van der Waals surface area contributed by atoms with Crippen LogP contribution in [-0.4, -0.2) is 115 Å². The standard InChI is InChI=1S/C22H39N3O8.2V/c1-2-25(9-5-21(28)23-7-15-32-19-17-30-13-3-11-26)10-6-22(29)24-8-16-33-20-18-31-14-4-12-27;;/h2-10,13-20H2,1H3,(H,23,28)(H,24,29);;/q-2;;/i1T;;. The molecule has 0 aliphatic rings. The molecule has 0 aromatic heterocycles. The van der Waals surface area contributed by atoms with Crippen LogP contribution in [0, 0.1) is 0 Å². The van der Waals surface area contributed by atoms with Crippen LogP contribution < -0.4 is 10.6 Å². The van der Waals surface area contributed by atoms with Crippen molar-refractivity contribution in [1.82, 2.24) is 15.5 Å². The van der Waals surface area contributed by atoms with Crippen LogP contribution in [0.5, 0.6) is 0 Å².